The summed E-state index contributed by atoms with van der Waals surface area (Å²) in [7, 11) is 3.45. The van der Waals surface area contributed by atoms with Gasteiger partial charge < -0.3 is 0 Å². The summed E-state index contributed by atoms with van der Waals surface area (Å²) in [5, 5.41) is 0. The summed E-state index contributed by atoms with van der Waals surface area (Å²) < 4.78 is 0. The highest BCUT2D eigenvalue weighted by atomic mass is 33.1. The van der Waals surface area contributed by atoms with Gasteiger partial charge in [-0.2, -0.15) is 0 Å². The van der Waals surface area contributed by atoms with Crippen LogP contribution in [0.25, 0.3) is 0 Å². The lowest BCUT2D eigenvalue weighted by molar-refractivity contribution is -0.119. The van der Waals surface area contributed by atoms with E-state index in [1.807, 2.05) is 13.2 Å². The van der Waals surface area contributed by atoms with Gasteiger partial charge in [0.2, 0.25) is 0 Å². The number of Topliss-reactive ketones (excluding diaryl/α,β-unsaturated/α-hetero) is 1. The van der Waals surface area contributed by atoms with Gasteiger partial charge in [-0.3, -0.25) is 4.79 Å². The van der Waals surface area contributed by atoms with Crippen LogP contribution in [0.5, 0.6) is 0 Å². The standard InChI is InChI=1S/C6H12OS2/c1-5(6(2)7)4-9-8-3/h5H,4H2,1-3H3. The zero-order chi connectivity index (χ0) is 7.28. The largest absolute Gasteiger partial charge is 0.300 e. The number of hydrogen-bond acceptors (Lipinski definition) is 3. The summed E-state index contributed by atoms with van der Waals surface area (Å²) in [6.45, 7) is 3.61. The zero-order valence-corrected chi connectivity index (χ0v) is 7.64. The van der Waals surface area contributed by atoms with E-state index in [0.29, 0.717) is 0 Å². The van der Waals surface area contributed by atoms with E-state index in [4.69, 9.17) is 0 Å². The van der Waals surface area contributed by atoms with Gasteiger partial charge in [-0.1, -0.05) is 28.5 Å². The van der Waals surface area contributed by atoms with Gasteiger partial charge in [-0.05, 0) is 13.2 Å². The summed E-state index contributed by atoms with van der Waals surface area (Å²) in [5.41, 5.74) is 0. The molecular weight excluding hydrogens is 152 g/mol. The molecular formula is C6H12OS2. The van der Waals surface area contributed by atoms with Crippen molar-refractivity contribution in [1.29, 1.82) is 0 Å². The summed E-state index contributed by atoms with van der Waals surface area (Å²) in [4.78, 5) is 10.6. The smallest absolute Gasteiger partial charge is 0.133 e. The molecule has 0 rings (SSSR count). The predicted octanol–water partition coefficient (Wildman–Crippen LogP) is 2.22. The molecule has 9 heavy (non-hydrogen) atoms. The van der Waals surface area contributed by atoms with Crippen LogP contribution in [-0.2, 0) is 4.79 Å². The molecule has 0 amide bonds. The lowest BCUT2D eigenvalue weighted by Crippen LogP contribution is -2.07. The molecule has 0 spiro atoms. The topological polar surface area (TPSA) is 17.1 Å². The second-order valence-electron chi connectivity index (χ2n) is 1.96. The second-order valence-corrected chi connectivity index (χ2v) is 4.57. The maximum absolute atomic E-state index is 10.6. The fourth-order valence-electron chi connectivity index (χ4n) is 0.287. The molecule has 0 radical (unpaired) electrons. The third-order valence-corrected chi connectivity index (χ3v) is 3.12. The first-order valence-electron chi connectivity index (χ1n) is 2.84. The maximum atomic E-state index is 10.6. The van der Waals surface area contributed by atoms with E-state index in [0.717, 1.165) is 5.75 Å². The third kappa shape index (κ3) is 4.85. The van der Waals surface area contributed by atoms with Gasteiger partial charge in [0.25, 0.3) is 0 Å². The molecule has 0 saturated heterocycles. The van der Waals surface area contributed by atoms with Crippen LogP contribution < -0.4 is 0 Å². The number of ketones is 1. The Bertz CT molecular complexity index is 93.1. The maximum Gasteiger partial charge on any atom is 0.133 e. The number of carbonyl (C=O) groups is 1. The summed E-state index contributed by atoms with van der Waals surface area (Å²) in [6.07, 6.45) is 2.03. The van der Waals surface area contributed by atoms with Gasteiger partial charge in [0.15, 0.2) is 0 Å². The van der Waals surface area contributed by atoms with Gasteiger partial charge in [0, 0.05) is 11.7 Å². The number of rotatable bonds is 4. The van der Waals surface area contributed by atoms with Crippen LogP contribution in [-0.4, -0.2) is 17.8 Å². The summed E-state index contributed by atoms with van der Waals surface area (Å²) in [6, 6.07) is 0. The minimum absolute atomic E-state index is 0.224. The van der Waals surface area contributed by atoms with E-state index in [2.05, 4.69) is 0 Å². The Morgan fingerprint density at radius 3 is 2.56 bits per heavy atom. The molecule has 0 aliphatic rings. The lowest BCUT2D eigenvalue weighted by atomic mass is 10.1. The van der Waals surface area contributed by atoms with E-state index < -0.39 is 0 Å². The average Bonchev–Trinajstić information content (AvgIpc) is 1.82. The Morgan fingerprint density at radius 2 is 2.22 bits per heavy atom. The molecule has 0 aromatic carbocycles. The van der Waals surface area contributed by atoms with Crippen molar-refractivity contribution in [3.8, 4) is 0 Å². The normalized spacial score (nSPS) is 13.2. The van der Waals surface area contributed by atoms with Crippen LogP contribution >= 0.6 is 21.6 Å². The molecule has 0 N–H and O–H groups in total. The van der Waals surface area contributed by atoms with E-state index in [1.165, 1.54) is 0 Å². The zero-order valence-electron chi connectivity index (χ0n) is 6.01. The summed E-state index contributed by atoms with van der Waals surface area (Å²) >= 11 is 0. The van der Waals surface area contributed by atoms with E-state index in [1.54, 1.807) is 28.5 Å². The second kappa shape index (κ2) is 5.18. The van der Waals surface area contributed by atoms with Crippen molar-refractivity contribution in [2.45, 2.75) is 13.8 Å². The monoisotopic (exact) mass is 164 g/mol. The molecule has 0 saturated carbocycles. The van der Waals surface area contributed by atoms with Crippen LogP contribution in [0.3, 0.4) is 0 Å². The number of hydrogen-bond donors (Lipinski definition) is 0. The van der Waals surface area contributed by atoms with Crippen molar-refractivity contribution in [1.82, 2.24) is 0 Å². The Hall–Kier alpha value is 0.370. The van der Waals surface area contributed by atoms with Crippen LogP contribution in [0.15, 0.2) is 0 Å². The van der Waals surface area contributed by atoms with Gasteiger partial charge in [-0.15, -0.1) is 0 Å². The Labute approximate surface area is 64.4 Å². The minimum Gasteiger partial charge on any atom is -0.300 e. The van der Waals surface area contributed by atoms with E-state index >= 15 is 0 Å². The van der Waals surface area contributed by atoms with Crippen LogP contribution in [0.4, 0.5) is 0 Å². The average molecular weight is 164 g/mol. The van der Waals surface area contributed by atoms with Crippen LogP contribution in [0, 0.1) is 5.92 Å². The van der Waals surface area contributed by atoms with E-state index in [-0.39, 0.29) is 11.7 Å². The van der Waals surface area contributed by atoms with Crippen molar-refractivity contribution >= 4 is 27.4 Å². The molecule has 0 heterocycles. The van der Waals surface area contributed by atoms with Crippen molar-refractivity contribution in [3.63, 3.8) is 0 Å². The molecule has 1 unspecified atom stereocenters. The molecule has 1 nitrogen and oxygen atoms in total. The van der Waals surface area contributed by atoms with Crippen LogP contribution in [0.1, 0.15) is 13.8 Å². The van der Waals surface area contributed by atoms with Crippen LogP contribution in [0.2, 0.25) is 0 Å². The molecule has 0 aliphatic heterocycles. The first kappa shape index (κ1) is 9.37. The highest BCUT2D eigenvalue weighted by Gasteiger charge is 2.05. The molecule has 0 fully saturated rings. The molecule has 0 aliphatic carbocycles. The first-order valence-corrected chi connectivity index (χ1v) is 5.57. The highest BCUT2D eigenvalue weighted by Crippen LogP contribution is 2.20. The van der Waals surface area contributed by atoms with Crippen molar-refractivity contribution in [2.24, 2.45) is 5.92 Å². The Balaban J connectivity index is 3.27. The van der Waals surface area contributed by atoms with Gasteiger partial charge in [0.1, 0.15) is 5.78 Å². The van der Waals surface area contributed by atoms with Gasteiger partial charge >= 0.3 is 0 Å². The minimum atomic E-state index is 0.224. The van der Waals surface area contributed by atoms with Gasteiger partial charge in [-0.25, -0.2) is 0 Å². The molecule has 3 heteroatoms. The molecule has 0 aromatic rings. The first-order chi connectivity index (χ1) is 4.18. The third-order valence-electron chi connectivity index (χ3n) is 1.13. The fourth-order valence-corrected chi connectivity index (χ4v) is 1.88. The summed E-state index contributed by atoms with van der Waals surface area (Å²) in [5.74, 6) is 1.45. The fraction of sp³-hybridized carbons (Fsp3) is 0.833. The van der Waals surface area contributed by atoms with Crippen molar-refractivity contribution in [3.05, 3.63) is 0 Å². The Kier molecular flexibility index (Phi) is 5.39. The van der Waals surface area contributed by atoms with E-state index in [9.17, 15) is 4.79 Å². The highest BCUT2D eigenvalue weighted by molar-refractivity contribution is 8.76. The van der Waals surface area contributed by atoms with Crippen molar-refractivity contribution in [2.75, 3.05) is 12.0 Å². The number of carbonyl (C=O) groups excluding carboxylic acids is 1. The molecule has 1 atom stereocenters. The molecule has 54 valence electrons. The van der Waals surface area contributed by atoms with Gasteiger partial charge in [0.05, 0.1) is 0 Å². The predicted molar refractivity (Wildman–Crippen MR) is 45.8 cm³/mol. The molecule has 0 bridgehead atoms. The Morgan fingerprint density at radius 1 is 1.67 bits per heavy atom. The SMILES string of the molecule is CSSCC(C)C(C)=O. The quantitative estimate of drug-likeness (QED) is 0.593. The lowest BCUT2D eigenvalue weighted by Gasteiger charge is -2.02. The molecule has 0 aromatic heterocycles. The van der Waals surface area contributed by atoms with Crippen molar-refractivity contribution < 1.29 is 4.79 Å².